The average Bonchev–Trinajstić information content (AvgIpc) is 3.12. The third kappa shape index (κ3) is 3.10. The van der Waals surface area contributed by atoms with Crippen molar-refractivity contribution in [3.8, 4) is 0 Å². The standard InChI is InChI=1S/C28H32N2O2/c1-17-3-6-23(7-4-17)27-12-19-9-20(13-27)15-28(14-19,16-27)26(32)29-18(2)21-5-8-24-22(10-21)11-25(31)30-24/h3-8,10,18-20H,9,11-16H2,1-2H3,(H,29,32)(H,30,31). The second-order valence-electron chi connectivity index (χ2n) is 11.2. The molecule has 5 aliphatic rings. The summed E-state index contributed by atoms with van der Waals surface area (Å²) in [5, 5.41) is 6.28. The molecule has 4 nitrogen and oxygen atoms in total. The Morgan fingerprint density at radius 1 is 1.06 bits per heavy atom. The Morgan fingerprint density at radius 3 is 2.50 bits per heavy atom. The largest absolute Gasteiger partial charge is 0.349 e. The van der Waals surface area contributed by atoms with Crippen molar-refractivity contribution in [2.24, 2.45) is 17.3 Å². The number of carbonyl (C=O) groups is 2. The monoisotopic (exact) mass is 428 g/mol. The molecule has 1 aliphatic heterocycles. The van der Waals surface area contributed by atoms with E-state index < -0.39 is 0 Å². The van der Waals surface area contributed by atoms with Gasteiger partial charge in [-0.15, -0.1) is 0 Å². The van der Waals surface area contributed by atoms with Gasteiger partial charge in [0.15, 0.2) is 0 Å². The SMILES string of the molecule is Cc1ccc(C23CC4CC(CC(C(=O)NC(C)c5ccc6c(c5)CC(=O)N6)(C4)C2)C3)cc1. The second-order valence-corrected chi connectivity index (χ2v) is 11.2. The first-order valence-corrected chi connectivity index (χ1v) is 12.2. The Bertz CT molecular complexity index is 1090. The molecule has 7 rings (SSSR count). The molecule has 4 aliphatic carbocycles. The zero-order chi connectivity index (χ0) is 22.1. The minimum Gasteiger partial charge on any atom is -0.349 e. The van der Waals surface area contributed by atoms with E-state index in [0.29, 0.717) is 18.3 Å². The van der Waals surface area contributed by atoms with Gasteiger partial charge >= 0.3 is 0 Å². The smallest absolute Gasteiger partial charge is 0.228 e. The summed E-state index contributed by atoms with van der Waals surface area (Å²) in [5.41, 5.74) is 5.67. The van der Waals surface area contributed by atoms with Crippen LogP contribution in [-0.4, -0.2) is 11.8 Å². The Kier molecular flexibility index (Phi) is 4.34. The van der Waals surface area contributed by atoms with Gasteiger partial charge in [0, 0.05) is 5.69 Å². The predicted molar refractivity (Wildman–Crippen MR) is 125 cm³/mol. The molecule has 0 saturated heterocycles. The van der Waals surface area contributed by atoms with Crippen LogP contribution in [0.1, 0.15) is 73.7 Å². The highest BCUT2D eigenvalue weighted by Gasteiger charge is 2.61. The molecule has 1 heterocycles. The summed E-state index contributed by atoms with van der Waals surface area (Å²) in [6.45, 7) is 4.21. The Morgan fingerprint density at radius 2 is 1.78 bits per heavy atom. The molecular formula is C28H32N2O2. The van der Waals surface area contributed by atoms with E-state index in [0.717, 1.165) is 36.1 Å². The zero-order valence-electron chi connectivity index (χ0n) is 19.0. The van der Waals surface area contributed by atoms with Crippen molar-refractivity contribution in [1.29, 1.82) is 0 Å². The van der Waals surface area contributed by atoms with Gasteiger partial charge in [-0.25, -0.2) is 0 Å². The normalized spacial score (nSPS) is 33.0. The van der Waals surface area contributed by atoms with E-state index in [1.54, 1.807) is 0 Å². The summed E-state index contributed by atoms with van der Waals surface area (Å²) in [4.78, 5) is 25.5. The van der Waals surface area contributed by atoms with E-state index in [1.807, 2.05) is 12.1 Å². The number of hydrogen-bond acceptors (Lipinski definition) is 2. The van der Waals surface area contributed by atoms with Crippen LogP contribution in [0.4, 0.5) is 5.69 Å². The molecule has 3 atom stereocenters. The third-order valence-corrected chi connectivity index (χ3v) is 8.81. The van der Waals surface area contributed by atoms with E-state index in [9.17, 15) is 9.59 Å². The number of hydrogen-bond donors (Lipinski definition) is 2. The average molecular weight is 429 g/mol. The van der Waals surface area contributed by atoms with Crippen molar-refractivity contribution >= 4 is 17.5 Å². The number of anilines is 1. The second kappa shape index (κ2) is 6.94. The number of fused-ring (bicyclic) bond motifs is 1. The summed E-state index contributed by atoms with van der Waals surface area (Å²) < 4.78 is 0. The maximum atomic E-state index is 13.8. The molecule has 2 aromatic rings. The number of benzene rings is 2. The first-order valence-electron chi connectivity index (χ1n) is 12.2. The van der Waals surface area contributed by atoms with Gasteiger partial charge in [0.2, 0.25) is 11.8 Å². The van der Waals surface area contributed by atoms with Gasteiger partial charge < -0.3 is 10.6 Å². The van der Waals surface area contributed by atoms with Crippen LogP contribution in [0.3, 0.4) is 0 Å². The maximum absolute atomic E-state index is 13.8. The van der Waals surface area contributed by atoms with Crippen LogP contribution in [-0.2, 0) is 21.4 Å². The minimum absolute atomic E-state index is 0.0452. The van der Waals surface area contributed by atoms with Gasteiger partial charge in [0.1, 0.15) is 0 Å². The number of rotatable bonds is 4. The quantitative estimate of drug-likeness (QED) is 0.703. The van der Waals surface area contributed by atoms with Crippen molar-refractivity contribution in [1.82, 2.24) is 5.32 Å². The number of amides is 2. The molecular weight excluding hydrogens is 396 g/mol. The van der Waals surface area contributed by atoms with Gasteiger partial charge in [0.25, 0.3) is 0 Å². The molecule has 2 amide bonds. The van der Waals surface area contributed by atoms with Crippen LogP contribution >= 0.6 is 0 Å². The molecule has 4 fully saturated rings. The lowest BCUT2D eigenvalue weighted by Crippen LogP contribution is -2.59. The van der Waals surface area contributed by atoms with Crippen molar-refractivity contribution < 1.29 is 9.59 Å². The van der Waals surface area contributed by atoms with E-state index in [2.05, 4.69) is 54.8 Å². The van der Waals surface area contributed by atoms with Gasteiger partial charge in [-0.05, 0) is 92.4 Å². The molecule has 32 heavy (non-hydrogen) atoms. The van der Waals surface area contributed by atoms with Crippen molar-refractivity contribution in [2.75, 3.05) is 5.32 Å². The number of aryl methyl sites for hydroxylation is 1. The summed E-state index contributed by atoms with van der Waals surface area (Å²) in [5.74, 6) is 1.61. The highest BCUT2D eigenvalue weighted by molar-refractivity contribution is 5.99. The highest BCUT2D eigenvalue weighted by atomic mass is 16.2. The minimum atomic E-state index is -0.239. The Labute approximate surface area is 190 Å². The van der Waals surface area contributed by atoms with E-state index >= 15 is 0 Å². The molecule has 3 unspecified atom stereocenters. The van der Waals surface area contributed by atoms with Crippen LogP contribution in [0.15, 0.2) is 42.5 Å². The van der Waals surface area contributed by atoms with Crippen LogP contribution in [0.2, 0.25) is 0 Å². The highest BCUT2D eigenvalue weighted by Crippen LogP contribution is 2.65. The van der Waals surface area contributed by atoms with Crippen molar-refractivity contribution in [3.63, 3.8) is 0 Å². The van der Waals surface area contributed by atoms with Gasteiger partial charge in [-0.3, -0.25) is 9.59 Å². The third-order valence-electron chi connectivity index (χ3n) is 8.81. The van der Waals surface area contributed by atoms with E-state index in [1.165, 1.54) is 30.4 Å². The van der Waals surface area contributed by atoms with Crippen LogP contribution in [0.25, 0.3) is 0 Å². The molecule has 0 spiro atoms. The fourth-order valence-electron chi connectivity index (χ4n) is 7.72. The zero-order valence-corrected chi connectivity index (χ0v) is 19.0. The van der Waals surface area contributed by atoms with Gasteiger partial charge in [0.05, 0.1) is 17.9 Å². The summed E-state index contributed by atoms with van der Waals surface area (Å²) in [6, 6.07) is 15.1. The molecule has 2 aromatic carbocycles. The molecule has 166 valence electrons. The first kappa shape index (κ1) is 20.0. The van der Waals surface area contributed by atoms with Gasteiger partial charge in [-0.1, -0.05) is 42.0 Å². The molecule has 0 aromatic heterocycles. The van der Waals surface area contributed by atoms with E-state index in [-0.39, 0.29) is 28.7 Å². The predicted octanol–water partition coefficient (Wildman–Crippen LogP) is 5.21. The summed E-state index contributed by atoms with van der Waals surface area (Å²) >= 11 is 0. The van der Waals surface area contributed by atoms with Crippen LogP contribution in [0, 0.1) is 24.2 Å². The molecule has 4 heteroatoms. The van der Waals surface area contributed by atoms with Crippen molar-refractivity contribution in [2.45, 2.75) is 70.3 Å². The molecule has 4 saturated carbocycles. The van der Waals surface area contributed by atoms with Crippen molar-refractivity contribution in [3.05, 3.63) is 64.7 Å². The lowest BCUT2D eigenvalue weighted by Gasteiger charge is -2.61. The number of carbonyl (C=O) groups excluding carboxylic acids is 2. The Balaban J connectivity index is 1.25. The van der Waals surface area contributed by atoms with Crippen LogP contribution in [0.5, 0.6) is 0 Å². The van der Waals surface area contributed by atoms with E-state index in [4.69, 9.17) is 0 Å². The van der Waals surface area contributed by atoms with Gasteiger partial charge in [-0.2, -0.15) is 0 Å². The maximum Gasteiger partial charge on any atom is 0.228 e. The summed E-state index contributed by atoms with van der Waals surface area (Å²) in [6.07, 6.45) is 7.26. The fraction of sp³-hybridized carbons (Fsp3) is 0.500. The topological polar surface area (TPSA) is 58.2 Å². The molecule has 2 N–H and O–H groups in total. The molecule has 0 radical (unpaired) electrons. The lowest BCUT2D eigenvalue weighted by molar-refractivity contribution is -0.149. The Hall–Kier alpha value is -2.62. The van der Waals surface area contributed by atoms with Crippen LogP contribution < -0.4 is 10.6 Å². The molecule has 4 bridgehead atoms. The fourth-order valence-corrected chi connectivity index (χ4v) is 7.72. The lowest BCUT2D eigenvalue weighted by atomic mass is 9.42. The summed E-state index contributed by atoms with van der Waals surface area (Å²) in [7, 11) is 0. The number of nitrogens with one attached hydrogen (secondary N) is 2. The first-order chi connectivity index (χ1) is 15.3.